The number of imidazole rings is 1. The SMILES string of the molecule is CC(C)C1(Cn2cncc2[C@H](C)N)CC1. The molecule has 0 spiro atoms. The van der Waals surface area contributed by atoms with Gasteiger partial charge in [-0.2, -0.15) is 0 Å². The van der Waals surface area contributed by atoms with Gasteiger partial charge in [0.05, 0.1) is 12.0 Å². The largest absolute Gasteiger partial charge is 0.333 e. The maximum absolute atomic E-state index is 5.91. The molecule has 1 atom stereocenters. The first-order chi connectivity index (χ1) is 7.05. The van der Waals surface area contributed by atoms with E-state index in [-0.39, 0.29) is 6.04 Å². The average molecular weight is 207 g/mol. The van der Waals surface area contributed by atoms with Crippen molar-refractivity contribution in [1.29, 1.82) is 0 Å². The van der Waals surface area contributed by atoms with E-state index in [0.717, 1.165) is 18.2 Å². The quantitative estimate of drug-likeness (QED) is 0.823. The third kappa shape index (κ3) is 1.93. The van der Waals surface area contributed by atoms with E-state index < -0.39 is 0 Å². The lowest BCUT2D eigenvalue weighted by Gasteiger charge is -2.22. The predicted octanol–water partition coefficient (Wildman–Crippen LogP) is 2.34. The Bertz CT molecular complexity index is 334. The second-order valence-corrected chi connectivity index (χ2v) is 5.25. The summed E-state index contributed by atoms with van der Waals surface area (Å²) in [5.74, 6) is 0.751. The Kier molecular flexibility index (Phi) is 2.59. The predicted molar refractivity (Wildman–Crippen MR) is 61.3 cm³/mol. The van der Waals surface area contributed by atoms with Gasteiger partial charge in [0, 0.05) is 18.8 Å². The van der Waals surface area contributed by atoms with Crippen molar-refractivity contribution in [2.75, 3.05) is 0 Å². The molecule has 0 saturated heterocycles. The Balaban J connectivity index is 2.14. The molecule has 0 radical (unpaired) electrons. The van der Waals surface area contributed by atoms with Crippen LogP contribution in [0.25, 0.3) is 0 Å². The summed E-state index contributed by atoms with van der Waals surface area (Å²) in [7, 11) is 0. The van der Waals surface area contributed by atoms with Crippen LogP contribution in [-0.4, -0.2) is 9.55 Å². The lowest BCUT2D eigenvalue weighted by atomic mass is 9.92. The zero-order valence-corrected chi connectivity index (χ0v) is 9.90. The van der Waals surface area contributed by atoms with E-state index in [1.807, 2.05) is 19.4 Å². The number of hydrogen-bond donors (Lipinski definition) is 1. The lowest BCUT2D eigenvalue weighted by Crippen LogP contribution is -2.20. The van der Waals surface area contributed by atoms with Crippen molar-refractivity contribution in [3.63, 3.8) is 0 Å². The molecule has 15 heavy (non-hydrogen) atoms. The summed E-state index contributed by atoms with van der Waals surface area (Å²) < 4.78 is 2.23. The van der Waals surface area contributed by atoms with Crippen molar-refractivity contribution < 1.29 is 0 Å². The lowest BCUT2D eigenvalue weighted by molar-refractivity contribution is 0.304. The van der Waals surface area contributed by atoms with Crippen molar-refractivity contribution in [2.24, 2.45) is 17.1 Å². The first kappa shape index (κ1) is 10.7. The number of aromatic nitrogens is 2. The van der Waals surface area contributed by atoms with Crippen molar-refractivity contribution in [1.82, 2.24) is 9.55 Å². The zero-order valence-electron chi connectivity index (χ0n) is 9.90. The molecule has 0 aliphatic heterocycles. The number of nitrogens with zero attached hydrogens (tertiary/aromatic N) is 2. The molecule has 2 N–H and O–H groups in total. The summed E-state index contributed by atoms with van der Waals surface area (Å²) in [6, 6.07) is 0.0791. The molecule has 1 fully saturated rings. The molecular weight excluding hydrogens is 186 g/mol. The van der Waals surface area contributed by atoms with Crippen LogP contribution in [0.2, 0.25) is 0 Å². The Morgan fingerprint density at radius 3 is 2.60 bits per heavy atom. The van der Waals surface area contributed by atoms with E-state index in [1.165, 1.54) is 12.8 Å². The molecule has 1 aliphatic carbocycles. The Hall–Kier alpha value is -0.830. The molecular formula is C12H21N3. The third-order valence-corrected chi connectivity index (χ3v) is 3.81. The Morgan fingerprint density at radius 1 is 1.47 bits per heavy atom. The van der Waals surface area contributed by atoms with Gasteiger partial charge in [0.15, 0.2) is 0 Å². The average Bonchev–Trinajstić information content (AvgIpc) is 2.77. The van der Waals surface area contributed by atoms with E-state index in [4.69, 9.17) is 5.73 Å². The fourth-order valence-corrected chi connectivity index (χ4v) is 2.26. The summed E-state index contributed by atoms with van der Waals surface area (Å²) in [5.41, 5.74) is 7.59. The topological polar surface area (TPSA) is 43.8 Å². The molecule has 84 valence electrons. The molecule has 0 amide bonds. The Labute approximate surface area is 91.7 Å². The molecule has 0 unspecified atom stereocenters. The van der Waals surface area contributed by atoms with E-state index >= 15 is 0 Å². The minimum Gasteiger partial charge on any atom is -0.333 e. The van der Waals surface area contributed by atoms with Gasteiger partial charge in [-0.05, 0) is 31.1 Å². The number of hydrogen-bond acceptors (Lipinski definition) is 2. The molecule has 1 aromatic heterocycles. The first-order valence-electron chi connectivity index (χ1n) is 5.81. The maximum Gasteiger partial charge on any atom is 0.0948 e. The van der Waals surface area contributed by atoms with Gasteiger partial charge in [-0.3, -0.25) is 0 Å². The molecule has 3 heteroatoms. The van der Waals surface area contributed by atoms with Gasteiger partial charge in [0.2, 0.25) is 0 Å². The van der Waals surface area contributed by atoms with Crippen LogP contribution in [0.1, 0.15) is 45.3 Å². The summed E-state index contributed by atoms with van der Waals surface area (Å²) in [5, 5.41) is 0. The summed E-state index contributed by atoms with van der Waals surface area (Å²) in [6.45, 7) is 7.73. The molecule has 0 aromatic carbocycles. The van der Waals surface area contributed by atoms with Gasteiger partial charge < -0.3 is 10.3 Å². The van der Waals surface area contributed by atoms with Crippen molar-refractivity contribution >= 4 is 0 Å². The van der Waals surface area contributed by atoms with Gasteiger partial charge in [-0.1, -0.05) is 13.8 Å². The number of nitrogens with two attached hydrogens (primary N) is 1. The van der Waals surface area contributed by atoms with Crippen LogP contribution in [0, 0.1) is 11.3 Å². The molecule has 1 aliphatic rings. The van der Waals surface area contributed by atoms with Crippen LogP contribution in [0.4, 0.5) is 0 Å². The van der Waals surface area contributed by atoms with E-state index in [2.05, 4.69) is 23.4 Å². The van der Waals surface area contributed by atoms with Crippen LogP contribution in [0.5, 0.6) is 0 Å². The van der Waals surface area contributed by atoms with Gasteiger partial charge >= 0.3 is 0 Å². The summed E-state index contributed by atoms with van der Waals surface area (Å²) >= 11 is 0. The standard InChI is InChI=1S/C12H21N3/c1-9(2)12(4-5-12)7-15-8-14-6-11(15)10(3)13/h6,8-10H,4-5,7,13H2,1-3H3/t10-/m0/s1. The van der Waals surface area contributed by atoms with Gasteiger partial charge in [0.25, 0.3) is 0 Å². The van der Waals surface area contributed by atoms with Crippen LogP contribution >= 0.6 is 0 Å². The van der Waals surface area contributed by atoms with Crippen LogP contribution in [-0.2, 0) is 6.54 Å². The Morgan fingerprint density at radius 2 is 2.13 bits per heavy atom. The smallest absolute Gasteiger partial charge is 0.0948 e. The normalized spacial score (nSPS) is 20.6. The number of rotatable bonds is 4. The van der Waals surface area contributed by atoms with Crippen molar-refractivity contribution in [3.8, 4) is 0 Å². The van der Waals surface area contributed by atoms with Crippen molar-refractivity contribution in [2.45, 2.75) is 46.2 Å². The summed E-state index contributed by atoms with van der Waals surface area (Å²) in [6.07, 6.45) is 6.50. The fraction of sp³-hybridized carbons (Fsp3) is 0.750. The maximum atomic E-state index is 5.91. The minimum atomic E-state index is 0.0791. The molecule has 3 nitrogen and oxygen atoms in total. The molecule has 0 bridgehead atoms. The monoisotopic (exact) mass is 207 g/mol. The van der Waals surface area contributed by atoms with E-state index in [0.29, 0.717) is 5.41 Å². The molecule has 1 aromatic rings. The second-order valence-electron chi connectivity index (χ2n) is 5.25. The highest BCUT2D eigenvalue weighted by molar-refractivity contribution is 5.06. The first-order valence-corrected chi connectivity index (χ1v) is 5.81. The third-order valence-electron chi connectivity index (χ3n) is 3.81. The highest BCUT2D eigenvalue weighted by atomic mass is 15.1. The highest BCUT2D eigenvalue weighted by Crippen LogP contribution is 2.53. The van der Waals surface area contributed by atoms with Crippen LogP contribution in [0.15, 0.2) is 12.5 Å². The van der Waals surface area contributed by atoms with E-state index in [9.17, 15) is 0 Å². The zero-order chi connectivity index (χ0) is 11.1. The van der Waals surface area contributed by atoms with Gasteiger partial charge in [-0.25, -0.2) is 4.98 Å². The minimum absolute atomic E-state index is 0.0791. The van der Waals surface area contributed by atoms with Gasteiger partial charge in [-0.15, -0.1) is 0 Å². The molecule has 1 heterocycles. The van der Waals surface area contributed by atoms with Crippen LogP contribution < -0.4 is 5.73 Å². The molecule has 1 saturated carbocycles. The highest BCUT2D eigenvalue weighted by Gasteiger charge is 2.45. The van der Waals surface area contributed by atoms with E-state index in [1.54, 1.807) is 0 Å². The molecule has 2 rings (SSSR count). The van der Waals surface area contributed by atoms with Crippen LogP contribution in [0.3, 0.4) is 0 Å². The van der Waals surface area contributed by atoms with Gasteiger partial charge in [0.1, 0.15) is 0 Å². The van der Waals surface area contributed by atoms with Crippen molar-refractivity contribution in [3.05, 3.63) is 18.2 Å². The summed E-state index contributed by atoms with van der Waals surface area (Å²) in [4.78, 5) is 4.20. The second kappa shape index (κ2) is 3.63. The fourth-order valence-electron chi connectivity index (χ4n) is 2.26.